The predicted octanol–water partition coefficient (Wildman–Crippen LogP) is 1.93. The molecule has 0 aromatic heterocycles. The first-order valence-corrected chi connectivity index (χ1v) is 5.29. The van der Waals surface area contributed by atoms with E-state index < -0.39 is 0 Å². The largest absolute Gasteiger partial charge is 0.352 e. The van der Waals surface area contributed by atoms with Crippen LogP contribution in [0.5, 0.6) is 0 Å². The highest BCUT2D eigenvalue weighted by atomic mass is 32.1. The molecule has 0 unspecified atom stereocenters. The van der Waals surface area contributed by atoms with Gasteiger partial charge in [-0.3, -0.25) is 4.79 Å². The first-order valence-electron chi connectivity index (χ1n) is 4.66. The third-order valence-electron chi connectivity index (χ3n) is 2.08. The summed E-state index contributed by atoms with van der Waals surface area (Å²) in [6, 6.07) is 8.04. The Labute approximate surface area is 90.1 Å². The molecular weight excluding hydrogens is 194 g/mol. The third kappa shape index (κ3) is 3.42. The maximum atomic E-state index is 11.2. The number of hydrogen-bond donors (Lipinski definition) is 2. The zero-order valence-corrected chi connectivity index (χ0v) is 9.18. The van der Waals surface area contributed by atoms with Gasteiger partial charge in [0.15, 0.2) is 0 Å². The standard InChI is InChI=1S/C11H15NOS/c1-9-4-2-3-5-10(9)8-12-11(13)6-7-14/h2-5,14H,6-8H2,1H3,(H,12,13). The molecule has 0 aliphatic carbocycles. The van der Waals surface area contributed by atoms with E-state index in [4.69, 9.17) is 0 Å². The second-order valence-corrected chi connectivity index (χ2v) is 3.62. The fourth-order valence-corrected chi connectivity index (χ4v) is 1.40. The molecule has 0 saturated carbocycles. The summed E-state index contributed by atoms with van der Waals surface area (Å²) in [6.07, 6.45) is 0.481. The molecule has 1 N–H and O–H groups in total. The van der Waals surface area contributed by atoms with E-state index >= 15 is 0 Å². The van der Waals surface area contributed by atoms with Crippen LogP contribution in [0, 0.1) is 6.92 Å². The van der Waals surface area contributed by atoms with E-state index in [2.05, 4.69) is 17.9 Å². The van der Waals surface area contributed by atoms with Crippen LogP contribution in [-0.4, -0.2) is 11.7 Å². The SMILES string of the molecule is Cc1ccccc1CNC(=O)CCS. The van der Waals surface area contributed by atoms with Crippen LogP contribution in [0.25, 0.3) is 0 Å². The van der Waals surface area contributed by atoms with E-state index in [1.165, 1.54) is 11.1 Å². The summed E-state index contributed by atoms with van der Waals surface area (Å²) in [6.45, 7) is 2.65. The van der Waals surface area contributed by atoms with Crippen LogP contribution in [0.4, 0.5) is 0 Å². The number of carbonyl (C=O) groups excluding carboxylic acids is 1. The lowest BCUT2D eigenvalue weighted by molar-refractivity contribution is -0.120. The Kier molecular flexibility index (Phi) is 4.53. The van der Waals surface area contributed by atoms with Gasteiger partial charge in [0.2, 0.25) is 5.91 Å². The Morgan fingerprint density at radius 1 is 1.43 bits per heavy atom. The lowest BCUT2D eigenvalue weighted by atomic mass is 10.1. The summed E-state index contributed by atoms with van der Waals surface area (Å²) >= 11 is 4.00. The summed E-state index contributed by atoms with van der Waals surface area (Å²) in [7, 11) is 0. The fourth-order valence-electron chi connectivity index (χ4n) is 1.19. The summed E-state index contributed by atoms with van der Waals surface area (Å²) < 4.78 is 0. The topological polar surface area (TPSA) is 29.1 Å². The number of nitrogens with one attached hydrogen (secondary N) is 1. The van der Waals surface area contributed by atoms with Crippen LogP contribution in [0.3, 0.4) is 0 Å². The van der Waals surface area contributed by atoms with Crippen molar-refractivity contribution in [3.63, 3.8) is 0 Å². The normalized spacial score (nSPS) is 9.86. The van der Waals surface area contributed by atoms with Crippen molar-refractivity contribution < 1.29 is 4.79 Å². The van der Waals surface area contributed by atoms with Gasteiger partial charge in [-0.2, -0.15) is 12.6 Å². The van der Waals surface area contributed by atoms with Gasteiger partial charge in [0.1, 0.15) is 0 Å². The minimum absolute atomic E-state index is 0.0586. The van der Waals surface area contributed by atoms with Crippen molar-refractivity contribution >= 4 is 18.5 Å². The van der Waals surface area contributed by atoms with Crippen LogP contribution in [0.1, 0.15) is 17.5 Å². The van der Waals surface area contributed by atoms with Crippen LogP contribution >= 0.6 is 12.6 Å². The summed E-state index contributed by atoms with van der Waals surface area (Å²) in [5.41, 5.74) is 2.37. The summed E-state index contributed by atoms with van der Waals surface area (Å²) in [5.74, 6) is 0.655. The van der Waals surface area contributed by atoms with Crippen LogP contribution < -0.4 is 5.32 Å². The molecule has 0 heterocycles. The number of benzene rings is 1. The van der Waals surface area contributed by atoms with Gasteiger partial charge in [-0.05, 0) is 23.8 Å². The molecule has 0 radical (unpaired) electrons. The van der Waals surface area contributed by atoms with Crippen LogP contribution in [0.15, 0.2) is 24.3 Å². The Bertz CT molecular complexity index is 312. The predicted molar refractivity (Wildman–Crippen MR) is 61.5 cm³/mol. The Hall–Kier alpha value is -0.960. The van der Waals surface area contributed by atoms with Gasteiger partial charge in [0, 0.05) is 13.0 Å². The zero-order chi connectivity index (χ0) is 10.4. The Morgan fingerprint density at radius 2 is 2.14 bits per heavy atom. The molecule has 0 fully saturated rings. The highest BCUT2D eigenvalue weighted by Gasteiger charge is 2.00. The highest BCUT2D eigenvalue weighted by Crippen LogP contribution is 2.05. The first-order chi connectivity index (χ1) is 6.74. The number of rotatable bonds is 4. The minimum atomic E-state index is 0.0586. The molecule has 1 amide bonds. The maximum Gasteiger partial charge on any atom is 0.221 e. The van der Waals surface area contributed by atoms with E-state index in [-0.39, 0.29) is 5.91 Å². The molecule has 0 aliphatic rings. The average molecular weight is 209 g/mol. The molecule has 14 heavy (non-hydrogen) atoms. The number of thiol groups is 1. The number of hydrogen-bond acceptors (Lipinski definition) is 2. The van der Waals surface area contributed by atoms with Gasteiger partial charge in [-0.1, -0.05) is 24.3 Å². The molecule has 0 atom stereocenters. The number of aryl methyl sites for hydroxylation is 1. The minimum Gasteiger partial charge on any atom is -0.352 e. The van der Waals surface area contributed by atoms with Gasteiger partial charge in [-0.25, -0.2) is 0 Å². The molecule has 76 valence electrons. The molecule has 1 aromatic rings. The number of carbonyl (C=O) groups is 1. The van der Waals surface area contributed by atoms with Gasteiger partial charge < -0.3 is 5.32 Å². The smallest absolute Gasteiger partial charge is 0.221 e. The molecular formula is C11H15NOS. The number of amides is 1. The zero-order valence-electron chi connectivity index (χ0n) is 8.29. The van der Waals surface area contributed by atoms with Crippen LogP contribution in [-0.2, 0) is 11.3 Å². The monoisotopic (exact) mass is 209 g/mol. The molecule has 0 saturated heterocycles. The molecule has 0 aliphatic heterocycles. The molecule has 1 rings (SSSR count). The lowest BCUT2D eigenvalue weighted by Gasteiger charge is -2.06. The molecule has 0 spiro atoms. The lowest BCUT2D eigenvalue weighted by Crippen LogP contribution is -2.23. The van der Waals surface area contributed by atoms with Gasteiger partial charge in [-0.15, -0.1) is 0 Å². The first kappa shape index (κ1) is 11.1. The maximum absolute atomic E-state index is 11.2. The van der Waals surface area contributed by atoms with Crippen LogP contribution in [0.2, 0.25) is 0 Å². The van der Waals surface area contributed by atoms with E-state index in [0.29, 0.717) is 18.7 Å². The van der Waals surface area contributed by atoms with Crippen molar-refractivity contribution in [1.29, 1.82) is 0 Å². The third-order valence-corrected chi connectivity index (χ3v) is 2.30. The van der Waals surface area contributed by atoms with Gasteiger partial charge >= 0.3 is 0 Å². The summed E-state index contributed by atoms with van der Waals surface area (Å²) in [5, 5.41) is 2.85. The van der Waals surface area contributed by atoms with Crippen molar-refractivity contribution in [1.82, 2.24) is 5.32 Å². The van der Waals surface area contributed by atoms with Crippen molar-refractivity contribution in [3.05, 3.63) is 35.4 Å². The van der Waals surface area contributed by atoms with Crippen molar-refractivity contribution in [2.75, 3.05) is 5.75 Å². The average Bonchev–Trinajstić information content (AvgIpc) is 2.17. The fraction of sp³-hybridized carbons (Fsp3) is 0.364. The highest BCUT2D eigenvalue weighted by molar-refractivity contribution is 7.80. The van der Waals surface area contributed by atoms with E-state index in [0.717, 1.165) is 0 Å². The van der Waals surface area contributed by atoms with E-state index in [1.54, 1.807) is 0 Å². The van der Waals surface area contributed by atoms with E-state index in [1.807, 2.05) is 31.2 Å². The van der Waals surface area contributed by atoms with Gasteiger partial charge in [0.05, 0.1) is 0 Å². The molecule has 0 bridgehead atoms. The molecule has 1 aromatic carbocycles. The van der Waals surface area contributed by atoms with E-state index in [9.17, 15) is 4.79 Å². The summed E-state index contributed by atoms with van der Waals surface area (Å²) in [4.78, 5) is 11.2. The van der Waals surface area contributed by atoms with Crippen molar-refractivity contribution in [2.45, 2.75) is 19.9 Å². The quantitative estimate of drug-likeness (QED) is 0.729. The second kappa shape index (κ2) is 5.70. The van der Waals surface area contributed by atoms with Gasteiger partial charge in [0.25, 0.3) is 0 Å². The Balaban J connectivity index is 2.46. The second-order valence-electron chi connectivity index (χ2n) is 3.18. The van der Waals surface area contributed by atoms with Crippen molar-refractivity contribution in [2.24, 2.45) is 0 Å². The Morgan fingerprint density at radius 3 is 2.79 bits per heavy atom. The molecule has 2 nitrogen and oxygen atoms in total. The van der Waals surface area contributed by atoms with Crippen molar-refractivity contribution in [3.8, 4) is 0 Å². The molecule has 3 heteroatoms.